The van der Waals surface area contributed by atoms with Crippen molar-refractivity contribution < 1.29 is 62.2 Å². The van der Waals surface area contributed by atoms with Crippen molar-refractivity contribution in [2.45, 2.75) is 88.4 Å². The van der Waals surface area contributed by atoms with Gasteiger partial charge in [0, 0.05) is 12.0 Å². The molecule has 2 aromatic carbocycles. The fraction of sp³-hybridized carbons (Fsp3) is 0.484. The number of aliphatic hydroxyl groups is 4. The van der Waals surface area contributed by atoms with Crippen LogP contribution in [0.25, 0.3) is 6.08 Å². The van der Waals surface area contributed by atoms with Gasteiger partial charge in [-0.25, -0.2) is 13.2 Å². The molecule has 250 valence electrons. The number of benzene rings is 2. The Morgan fingerprint density at radius 3 is 2.43 bits per heavy atom. The lowest BCUT2D eigenvalue weighted by Gasteiger charge is -2.41. The summed E-state index contributed by atoms with van der Waals surface area (Å²) in [6.07, 6.45) is -7.36. The molecule has 0 radical (unpaired) electrons. The van der Waals surface area contributed by atoms with Crippen molar-refractivity contribution in [2.75, 3.05) is 6.79 Å². The first-order valence-corrected chi connectivity index (χ1v) is 14.7. The predicted octanol–water partition coefficient (Wildman–Crippen LogP) is 1.67. The molecule has 15 heteroatoms. The molecule has 2 aromatic rings. The molecule has 46 heavy (non-hydrogen) atoms. The third kappa shape index (κ3) is 7.36. The van der Waals surface area contributed by atoms with Crippen LogP contribution in [0.15, 0.2) is 47.1 Å². The lowest BCUT2D eigenvalue weighted by Crippen LogP contribution is -2.67. The van der Waals surface area contributed by atoms with Crippen LogP contribution >= 0.6 is 0 Å². The van der Waals surface area contributed by atoms with Crippen molar-refractivity contribution in [3.8, 4) is 5.75 Å². The van der Waals surface area contributed by atoms with Crippen LogP contribution < -0.4 is 10.1 Å². The van der Waals surface area contributed by atoms with Crippen molar-refractivity contribution in [3.05, 3.63) is 70.5 Å². The van der Waals surface area contributed by atoms with E-state index in [0.717, 1.165) is 18.2 Å². The maximum atomic E-state index is 15.0. The maximum absolute atomic E-state index is 15.0. The largest absolute Gasteiger partial charge is 0.462 e. The molecule has 1 saturated carbocycles. The van der Waals surface area contributed by atoms with Gasteiger partial charge in [0.25, 0.3) is 0 Å². The van der Waals surface area contributed by atoms with Gasteiger partial charge in [-0.3, -0.25) is 4.79 Å². The summed E-state index contributed by atoms with van der Waals surface area (Å²) in [7, 11) is 0. The Morgan fingerprint density at radius 2 is 1.74 bits per heavy atom. The predicted molar refractivity (Wildman–Crippen MR) is 153 cm³/mol. The van der Waals surface area contributed by atoms with Gasteiger partial charge >= 0.3 is 0 Å². The second-order valence-corrected chi connectivity index (χ2v) is 11.2. The molecule has 3 fully saturated rings. The number of halogens is 3. The summed E-state index contributed by atoms with van der Waals surface area (Å²) >= 11 is 0. The number of aliphatic hydroxyl groups excluding tert-OH is 4. The van der Waals surface area contributed by atoms with Crippen LogP contribution in [0.4, 0.5) is 13.2 Å². The molecule has 0 spiro atoms. The summed E-state index contributed by atoms with van der Waals surface area (Å²) < 4.78 is 63.5. The van der Waals surface area contributed by atoms with Crippen LogP contribution in [0, 0.1) is 17.5 Å². The smallest absolute Gasteiger partial charge is 0.247 e. The van der Waals surface area contributed by atoms with Crippen LogP contribution in [0.1, 0.15) is 37.8 Å². The molecule has 1 amide bonds. The van der Waals surface area contributed by atoms with E-state index >= 15 is 4.39 Å². The third-order valence-corrected chi connectivity index (χ3v) is 8.03. The van der Waals surface area contributed by atoms with Gasteiger partial charge in [0.2, 0.25) is 12.2 Å². The Morgan fingerprint density at radius 1 is 1.00 bits per heavy atom. The molecular weight excluding hydrogens is 617 g/mol. The van der Waals surface area contributed by atoms with Crippen molar-refractivity contribution in [1.29, 1.82) is 0 Å². The van der Waals surface area contributed by atoms with Gasteiger partial charge in [-0.15, -0.1) is 0 Å². The topological polar surface area (TPSA) is 169 Å². The quantitative estimate of drug-likeness (QED) is 0.145. The molecule has 0 unspecified atom stereocenters. The fourth-order valence-corrected chi connectivity index (χ4v) is 5.52. The van der Waals surface area contributed by atoms with E-state index in [2.05, 4.69) is 10.5 Å². The number of carbonyl (C=O) groups is 1. The molecule has 5 N–H and O–H groups in total. The van der Waals surface area contributed by atoms with E-state index in [1.54, 1.807) is 6.92 Å². The standard InChI is InChI=1S/C31H35F3N2O10/c1-3-20(36-44-12-16-4-6-17(32)18(33)10-16)28-21(37)11-23(46-28)45-22-7-5-15(9-19(22)34)8-14(2)31(41)35-24-25(38)27(40)30-29(26(24)39)42-13-43-30/h4-10,21,23-30,37-40H,3,11-13H2,1-2H3,(H,35,41)/b14-8+,36-20-/t21-,23+,24+,25-,26+,27+,28+,29-,30+/m0/s1. The fourth-order valence-electron chi connectivity index (χ4n) is 5.52. The highest BCUT2D eigenvalue weighted by Gasteiger charge is 2.53. The number of hydrogen-bond donors (Lipinski definition) is 5. The van der Waals surface area contributed by atoms with Gasteiger partial charge in [-0.2, -0.15) is 0 Å². The molecule has 3 aliphatic rings. The minimum Gasteiger partial charge on any atom is -0.462 e. The average molecular weight is 653 g/mol. The molecule has 1 aliphatic carbocycles. The number of hydrogen-bond acceptors (Lipinski definition) is 11. The second kappa shape index (κ2) is 14.5. The van der Waals surface area contributed by atoms with Gasteiger partial charge in [0.05, 0.1) is 17.9 Å². The first-order valence-electron chi connectivity index (χ1n) is 14.7. The molecule has 2 heterocycles. The first kappa shape index (κ1) is 33.8. The van der Waals surface area contributed by atoms with Crippen LogP contribution in [0.5, 0.6) is 5.75 Å². The van der Waals surface area contributed by atoms with E-state index in [0.29, 0.717) is 23.3 Å². The zero-order valence-corrected chi connectivity index (χ0v) is 24.9. The van der Waals surface area contributed by atoms with Gasteiger partial charge in [0.15, 0.2) is 23.2 Å². The average Bonchev–Trinajstić information content (AvgIpc) is 3.66. The molecule has 2 aliphatic heterocycles. The Kier molecular flexibility index (Phi) is 10.6. The van der Waals surface area contributed by atoms with E-state index < -0.39 is 78.4 Å². The Bertz CT molecular complexity index is 1480. The summed E-state index contributed by atoms with van der Waals surface area (Å²) in [5.41, 5.74) is 1.11. The van der Waals surface area contributed by atoms with Gasteiger partial charge in [-0.05, 0) is 54.8 Å². The molecule has 9 atom stereocenters. The lowest BCUT2D eigenvalue weighted by molar-refractivity contribution is -0.155. The second-order valence-electron chi connectivity index (χ2n) is 11.2. The molecule has 0 bridgehead atoms. The minimum atomic E-state index is -1.51. The molecule has 0 aromatic heterocycles. The number of amides is 1. The number of nitrogens with zero attached hydrogens (tertiary/aromatic N) is 1. The Hall–Kier alpha value is -3.57. The summed E-state index contributed by atoms with van der Waals surface area (Å²) in [6, 6.07) is 6.03. The van der Waals surface area contributed by atoms with Crippen LogP contribution in [0.2, 0.25) is 0 Å². The lowest BCUT2D eigenvalue weighted by atomic mass is 9.83. The highest BCUT2D eigenvalue weighted by atomic mass is 19.2. The highest BCUT2D eigenvalue weighted by Crippen LogP contribution is 2.31. The van der Waals surface area contributed by atoms with E-state index in [-0.39, 0.29) is 31.1 Å². The van der Waals surface area contributed by atoms with Gasteiger partial charge in [0.1, 0.15) is 50.0 Å². The van der Waals surface area contributed by atoms with E-state index in [9.17, 15) is 34.0 Å². The van der Waals surface area contributed by atoms with Crippen molar-refractivity contribution >= 4 is 17.7 Å². The van der Waals surface area contributed by atoms with Gasteiger partial charge in [-0.1, -0.05) is 24.2 Å². The molecular formula is C31H35F3N2O10. The number of fused-ring (bicyclic) bond motifs is 1. The SMILES string of the molecule is CC/C(=N/OCc1ccc(F)c(F)c1)[C@H]1O[C@@H](Oc2ccc(/C=C(\C)C(=O)N[C@@H]3[C@H](O)[C@@H](O)[C@H]4OCO[C@H]4[C@@H]3O)cc2F)C[C@@H]1O. The molecule has 2 saturated heterocycles. The summed E-state index contributed by atoms with van der Waals surface area (Å²) in [5.74, 6) is -3.61. The Labute approximate surface area is 262 Å². The number of nitrogens with one attached hydrogen (secondary N) is 1. The molecule has 12 nitrogen and oxygen atoms in total. The summed E-state index contributed by atoms with van der Waals surface area (Å²) in [4.78, 5) is 18.1. The van der Waals surface area contributed by atoms with Crippen molar-refractivity contribution in [1.82, 2.24) is 5.32 Å². The third-order valence-electron chi connectivity index (χ3n) is 8.03. The number of rotatable bonds is 10. The van der Waals surface area contributed by atoms with Crippen molar-refractivity contribution in [2.24, 2.45) is 5.16 Å². The number of ether oxygens (including phenoxy) is 4. The van der Waals surface area contributed by atoms with Crippen LogP contribution in [-0.2, 0) is 30.4 Å². The summed E-state index contributed by atoms with van der Waals surface area (Å²) in [5, 5.41) is 48.4. The zero-order valence-electron chi connectivity index (χ0n) is 24.9. The minimum absolute atomic E-state index is 0.000428. The van der Waals surface area contributed by atoms with Crippen molar-refractivity contribution in [3.63, 3.8) is 0 Å². The van der Waals surface area contributed by atoms with Crippen LogP contribution in [-0.4, -0.2) is 93.9 Å². The van der Waals surface area contributed by atoms with Gasteiger partial charge < -0.3 is 49.5 Å². The van der Waals surface area contributed by atoms with E-state index in [4.69, 9.17) is 23.8 Å². The van der Waals surface area contributed by atoms with E-state index in [1.807, 2.05) is 0 Å². The van der Waals surface area contributed by atoms with E-state index in [1.165, 1.54) is 31.2 Å². The monoisotopic (exact) mass is 652 g/mol. The zero-order chi connectivity index (χ0) is 33.1. The summed E-state index contributed by atoms with van der Waals surface area (Å²) in [6.45, 7) is 2.91. The Balaban J connectivity index is 1.17. The number of carbonyl (C=O) groups excluding carboxylic acids is 1. The number of oxime groups is 1. The maximum Gasteiger partial charge on any atom is 0.247 e. The highest BCUT2D eigenvalue weighted by molar-refractivity contribution is 5.97. The normalized spacial score (nSPS) is 31.5. The molecule has 5 rings (SSSR count). The van der Waals surface area contributed by atoms with Crippen LogP contribution in [0.3, 0.4) is 0 Å². The first-order chi connectivity index (χ1) is 22.0.